The number of rotatable bonds is 8. The van der Waals surface area contributed by atoms with Gasteiger partial charge in [0.1, 0.15) is 5.60 Å². The fraction of sp³-hybridized carbons (Fsp3) is 0.722. The predicted octanol–water partition coefficient (Wildman–Crippen LogP) is 5.58. The highest BCUT2D eigenvalue weighted by Gasteiger charge is 2.17. The van der Waals surface area contributed by atoms with Crippen LogP contribution >= 0.6 is 0 Å². The molecule has 0 N–H and O–H groups in total. The molecule has 0 aliphatic carbocycles. The third-order valence-electron chi connectivity index (χ3n) is 2.80. The summed E-state index contributed by atoms with van der Waals surface area (Å²) in [4.78, 5) is 11.9. The van der Waals surface area contributed by atoms with Gasteiger partial charge in [-0.1, -0.05) is 49.5 Å². The summed E-state index contributed by atoms with van der Waals surface area (Å²) < 4.78 is 5.40. The van der Waals surface area contributed by atoms with E-state index >= 15 is 0 Å². The second-order valence-corrected chi connectivity index (χ2v) is 6.64. The molecular formula is C18H32O2. The molecule has 0 aliphatic heterocycles. The number of allylic oxidation sites excluding steroid dienone is 3. The smallest absolute Gasteiger partial charge is 0.310 e. The summed E-state index contributed by atoms with van der Waals surface area (Å²) in [5.41, 5.74) is 2.03. The molecule has 0 saturated carbocycles. The van der Waals surface area contributed by atoms with E-state index in [-0.39, 0.29) is 5.97 Å². The standard InChI is InChI=1S/C18H32O2/c1-7-8-9-10-11-16(13-12-15(2)3)14-17(19)20-18(4,5)6/h12-13H,7-11,14H2,1-6H3/b16-13-. The Balaban J connectivity index is 4.49. The van der Waals surface area contributed by atoms with Gasteiger partial charge in [-0.3, -0.25) is 4.79 Å². The lowest BCUT2D eigenvalue weighted by Gasteiger charge is -2.20. The number of hydrogen-bond donors (Lipinski definition) is 0. The lowest BCUT2D eigenvalue weighted by Crippen LogP contribution is -2.24. The number of carbonyl (C=O) groups excluding carboxylic acids is 1. The molecule has 2 heteroatoms. The van der Waals surface area contributed by atoms with Crippen molar-refractivity contribution in [2.24, 2.45) is 0 Å². The average molecular weight is 280 g/mol. The van der Waals surface area contributed by atoms with Gasteiger partial charge in [-0.2, -0.15) is 0 Å². The maximum atomic E-state index is 11.9. The van der Waals surface area contributed by atoms with Gasteiger partial charge in [0, 0.05) is 0 Å². The molecule has 0 aromatic heterocycles. The van der Waals surface area contributed by atoms with Crippen LogP contribution in [0.25, 0.3) is 0 Å². The Morgan fingerprint density at radius 3 is 2.20 bits per heavy atom. The quantitative estimate of drug-likeness (QED) is 0.329. The molecule has 0 spiro atoms. The van der Waals surface area contributed by atoms with E-state index in [1.807, 2.05) is 20.8 Å². The molecule has 0 amide bonds. The predicted molar refractivity (Wildman–Crippen MR) is 86.7 cm³/mol. The molecular weight excluding hydrogens is 248 g/mol. The van der Waals surface area contributed by atoms with Gasteiger partial charge in [0.25, 0.3) is 0 Å². The van der Waals surface area contributed by atoms with Crippen LogP contribution in [0.15, 0.2) is 23.3 Å². The average Bonchev–Trinajstić information content (AvgIpc) is 2.28. The van der Waals surface area contributed by atoms with E-state index in [9.17, 15) is 4.79 Å². The second-order valence-electron chi connectivity index (χ2n) is 6.64. The Morgan fingerprint density at radius 2 is 1.70 bits per heavy atom. The molecule has 0 aliphatic rings. The van der Waals surface area contributed by atoms with Gasteiger partial charge < -0.3 is 4.74 Å². The van der Waals surface area contributed by atoms with E-state index < -0.39 is 5.60 Å². The third kappa shape index (κ3) is 12.0. The minimum atomic E-state index is -0.402. The first-order valence-corrected chi connectivity index (χ1v) is 7.79. The van der Waals surface area contributed by atoms with Crippen molar-refractivity contribution in [1.29, 1.82) is 0 Å². The number of carbonyl (C=O) groups is 1. The largest absolute Gasteiger partial charge is 0.460 e. The molecule has 116 valence electrons. The molecule has 0 bridgehead atoms. The van der Waals surface area contributed by atoms with Crippen molar-refractivity contribution in [1.82, 2.24) is 0 Å². The Morgan fingerprint density at radius 1 is 1.05 bits per heavy atom. The fourth-order valence-corrected chi connectivity index (χ4v) is 1.86. The van der Waals surface area contributed by atoms with Gasteiger partial charge >= 0.3 is 5.97 Å². The molecule has 0 saturated heterocycles. The van der Waals surface area contributed by atoms with Crippen LogP contribution in [-0.2, 0) is 9.53 Å². The van der Waals surface area contributed by atoms with Gasteiger partial charge in [0.2, 0.25) is 0 Å². The zero-order chi connectivity index (χ0) is 15.6. The van der Waals surface area contributed by atoms with Crippen molar-refractivity contribution in [3.63, 3.8) is 0 Å². The van der Waals surface area contributed by atoms with Gasteiger partial charge in [-0.25, -0.2) is 0 Å². The third-order valence-corrected chi connectivity index (χ3v) is 2.80. The van der Waals surface area contributed by atoms with Crippen molar-refractivity contribution in [2.45, 2.75) is 85.7 Å². The summed E-state index contributed by atoms with van der Waals surface area (Å²) in [6.45, 7) is 12.1. The van der Waals surface area contributed by atoms with Crippen LogP contribution < -0.4 is 0 Å². The topological polar surface area (TPSA) is 26.3 Å². The Bertz CT molecular complexity index is 339. The van der Waals surface area contributed by atoms with Crippen LogP contribution in [-0.4, -0.2) is 11.6 Å². The molecule has 0 fully saturated rings. The van der Waals surface area contributed by atoms with Crippen molar-refractivity contribution in [2.75, 3.05) is 0 Å². The molecule has 0 aromatic carbocycles. The van der Waals surface area contributed by atoms with Gasteiger partial charge in [-0.05, 0) is 47.5 Å². The summed E-state index contributed by atoms with van der Waals surface area (Å²) in [6.07, 6.45) is 10.5. The van der Waals surface area contributed by atoms with E-state index in [2.05, 4.69) is 32.9 Å². The summed E-state index contributed by atoms with van der Waals surface area (Å²) >= 11 is 0. The molecule has 0 radical (unpaired) electrons. The normalized spacial score (nSPS) is 12.2. The minimum Gasteiger partial charge on any atom is -0.460 e. The molecule has 0 unspecified atom stereocenters. The summed E-state index contributed by atoms with van der Waals surface area (Å²) in [5.74, 6) is -0.124. The fourth-order valence-electron chi connectivity index (χ4n) is 1.86. The monoisotopic (exact) mass is 280 g/mol. The highest BCUT2D eigenvalue weighted by atomic mass is 16.6. The van der Waals surface area contributed by atoms with Crippen LogP contribution in [0.4, 0.5) is 0 Å². The van der Waals surface area contributed by atoms with Crippen molar-refractivity contribution < 1.29 is 9.53 Å². The van der Waals surface area contributed by atoms with E-state index in [0.717, 1.165) is 12.8 Å². The van der Waals surface area contributed by atoms with E-state index in [1.165, 1.54) is 30.4 Å². The lowest BCUT2D eigenvalue weighted by atomic mass is 10.0. The molecule has 0 heterocycles. The lowest BCUT2D eigenvalue weighted by molar-refractivity contribution is -0.153. The first kappa shape index (κ1) is 18.9. The highest BCUT2D eigenvalue weighted by Crippen LogP contribution is 2.17. The SMILES string of the molecule is CCCCCC/C(=C/C=C(C)C)CC(=O)OC(C)(C)C. The zero-order valence-corrected chi connectivity index (χ0v) is 14.2. The van der Waals surface area contributed by atoms with E-state index in [1.54, 1.807) is 0 Å². The summed E-state index contributed by atoms with van der Waals surface area (Å²) in [7, 11) is 0. The maximum Gasteiger partial charge on any atom is 0.310 e. The van der Waals surface area contributed by atoms with Crippen LogP contribution in [0, 0.1) is 0 Å². The van der Waals surface area contributed by atoms with Crippen molar-refractivity contribution >= 4 is 5.97 Å². The zero-order valence-electron chi connectivity index (χ0n) is 14.2. The number of ether oxygens (including phenoxy) is 1. The first-order chi connectivity index (χ1) is 9.24. The number of hydrogen-bond acceptors (Lipinski definition) is 2. The Hall–Kier alpha value is -1.05. The molecule has 0 aromatic rings. The van der Waals surface area contributed by atoms with Gasteiger partial charge in [0.05, 0.1) is 6.42 Å². The maximum absolute atomic E-state index is 11.9. The van der Waals surface area contributed by atoms with Gasteiger partial charge in [-0.15, -0.1) is 0 Å². The van der Waals surface area contributed by atoms with Crippen LogP contribution in [0.5, 0.6) is 0 Å². The number of esters is 1. The summed E-state index contributed by atoms with van der Waals surface area (Å²) in [6, 6.07) is 0. The van der Waals surface area contributed by atoms with Gasteiger partial charge in [0.15, 0.2) is 0 Å². The minimum absolute atomic E-state index is 0.124. The Kier molecular flexibility index (Phi) is 9.28. The second kappa shape index (κ2) is 9.79. The molecule has 0 rings (SSSR count). The van der Waals surface area contributed by atoms with Crippen LogP contribution in [0.2, 0.25) is 0 Å². The van der Waals surface area contributed by atoms with Crippen molar-refractivity contribution in [3.8, 4) is 0 Å². The molecule has 2 nitrogen and oxygen atoms in total. The number of unbranched alkanes of at least 4 members (excludes halogenated alkanes) is 3. The summed E-state index contributed by atoms with van der Waals surface area (Å²) in [5, 5.41) is 0. The molecule has 0 atom stereocenters. The highest BCUT2D eigenvalue weighted by molar-refractivity contribution is 5.73. The van der Waals surface area contributed by atoms with E-state index in [0.29, 0.717) is 6.42 Å². The Labute approximate surface area is 125 Å². The van der Waals surface area contributed by atoms with Crippen LogP contribution in [0.3, 0.4) is 0 Å². The van der Waals surface area contributed by atoms with Crippen LogP contribution in [0.1, 0.15) is 80.1 Å². The first-order valence-electron chi connectivity index (χ1n) is 7.79. The van der Waals surface area contributed by atoms with E-state index in [4.69, 9.17) is 4.74 Å². The van der Waals surface area contributed by atoms with Crippen molar-refractivity contribution in [3.05, 3.63) is 23.3 Å². The molecule has 20 heavy (non-hydrogen) atoms.